The normalized spacial score (nSPS) is 50.4. The van der Waals surface area contributed by atoms with Gasteiger partial charge in [0.15, 0.2) is 5.78 Å². The minimum absolute atomic E-state index is 0.0247. The summed E-state index contributed by atoms with van der Waals surface area (Å²) in [6.07, 6.45) is 7.13. The van der Waals surface area contributed by atoms with E-state index in [0.29, 0.717) is 36.4 Å². The first-order valence-electron chi connectivity index (χ1n) is 9.86. The first kappa shape index (κ1) is 15.8. The summed E-state index contributed by atoms with van der Waals surface area (Å²) in [5.74, 6) is 2.11. The van der Waals surface area contributed by atoms with Crippen molar-refractivity contribution >= 4 is 17.5 Å². The van der Waals surface area contributed by atoms with Crippen molar-refractivity contribution in [2.24, 2.45) is 28.6 Å². The van der Waals surface area contributed by atoms with Crippen LogP contribution in [0.1, 0.15) is 59.3 Å². The van der Waals surface area contributed by atoms with Crippen LogP contribution in [0.15, 0.2) is 11.6 Å². The summed E-state index contributed by atoms with van der Waals surface area (Å²) in [4.78, 5) is 39.0. The Morgan fingerprint density at radius 3 is 2.52 bits per heavy atom. The van der Waals surface area contributed by atoms with Gasteiger partial charge in [-0.3, -0.25) is 14.4 Å². The summed E-state index contributed by atoms with van der Waals surface area (Å²) < 4.78 is 0. The summed E-state index contributed by atoms with van der Waals surface area (Å²) >= 11 is 0. The third kappa shape index (κ3) is 1.76. The monoisotopic (exact) mass is 341 g/mol. The van der Waals surface area contributed by atoms with Gasteiger partial charge in [0.2, 0.25) is 5.91 Å². The third-order valence-electron chi connectivity index (χ3n) is 8.66. The second-order valence-electron chi connectivity index (χ2n) is 9.55. The van der Waals surface area contributed by atoms with Gasteiger partial charge in [0.05, 0.1) is 12.1 Å². The number of hydrogen-bond acceptors (Lipinski definition) is 3. The van der Waals surface area contributed by atoms with Crippen molar-refractivity contribution in [3.05, 3.63) is 11.6 Å². The van der Waals surface area contributed by atoms with E-state index in [9.17, 15) is 14.4 Å². The summed E-state index contributed by atoms with van der Waals surface area (Å²) in [6.45, 7) is 6.16. The molecule has 4 aliphatic carbocycles. The van der Waals surface area contributed by atoms with E-state index in [4.69, 9.17) is 0 Å². The maximum atomic E-state index is 12.6. The molecule has 0 spiro atoms. The minimum atomic E-state index is -0.182. The number of Topliss-reactive ketones (excluding diaryl/α,β-unsaturated/α-hetero) is 1. The van der Waals surface area contributed by atoms with Crippen LogP contribution in [0.25, 0.3) is 0 Å². The van der Waals surface area contributed by atoms with Crippen LogP contribution in [0.5, 0.6) is 0 Å². The van der Waals surface area contributed by atoms with Gasteiger partial charge >= 0.3 is 0 Å². The number of fused-ring (bicyclic) bond motifs is 8. The van der Waals surface area contributed by atoms with E-state index >= 15 is 0 Å². The van der Waals surface area contributed by atoms with Crippen LogP contribution in [-0.2, 0) is 14.4 Å². The van der Waals surface area contributed by atoms with Crippen molar-refractivity contribution in [3.8, 4) is 0 Å². The van der Waals surface area contributed by atoms with Gasteiger partial charge in [-0.05, 0) is 60.5 Å². The third-order valence-corrected chi connectivity index (χ3v) is 8.66. The van der Waals surface area contributed by atoms with E-state index in [1.165, 1.54) is 5.57 Å². The molecule has 1 heterocycles. The predicted octanol–water partition coefficient (Wildman–Crippen LogP) is 2.91. The topological polar surface area (TPSA) is 54.2 Å². The van der Waals surface area contributed by atoms with Crippen molar-refractivity contribution in [2.45, 2.75) is 71.4 Å². The number of hydrogen-bond donors (Lipinski definition) is 0. The fraction of sp³-hybridized carbons (Fsp3) is 0.762. The van der Waals surface area contributed by atoms with Gasteiger partial charge < -0.3 is 4.90 Å². The van der Waals surface area contributed by atoms with E-state index in [1.54, 1.807) is 6.92 Å². The van der Waals surface area contributed by atoms with Gasteiger partial charge in [0.25, 0.3) is 0 Å². The van der Waals surface area contributed by atoms with Crippen LogP contribution >= 0.6 is 0 Å². The second kappa shape index (κ2) is 4.63. The number of carbonyl (C=O) groups is 3. The molecule has 3 saturated carbocycles. The van der Waals surface area contributed by atoms with Gasteiger partial charge in [0, 0.05) is 25.2 Å². The molecule has 0 radical (unpaired) electrons. The van der Waals surface area contributed by atoms with Crippen LogP contribution in [0.4, 0.5) is 0 Å². The average molecular weight is 341 g/mol. The zero-order valence-corrected chi connectivity index (χ0v) is 15.4. The lowest BCUT2D eigenvalue weighted by Crippen LogP contribution is -2.53. The summed E-state index contributed by atoms with van der Waals surface area (Å²) in [5.41, 5.74) is 1.06. The number of ketones is 2. The second-order valence-corrected chi connectivity index (χ2v) is 9.55. The van der Waals surface area contributed by atoms with E-state index < -0.39 is 0 Å². The lowest BCUT2D eigenvalue weighted by molar-refractivity contribution is -0.132. The maximum Gasteiger partial charge on any atom is 0.220 e. The highest BCUT2D eigenvalue weighted by atomic mass is 16.2. The molecule has 1 saturated heterocycles. The Balaban J connectivity index is 1.63. The molecule has 1 aliphatic heterocycles. The Morgan fingerprint density at radius 1 is 1.08 bits per heavy atom. The average Bonchev–Trinajstić information content (AvgIpc) is 3.23. The molecule has 4 nitrogen and oxygen atoms in total. The molecule has 7 atom stereocenters. The minimum Gasteiger partial charge on any atom is -0.328 e. The van der Waals surface area contributed by atoms with Gasteiger partial charge in [0.1, 0.15) is 5.78 Å². The summed E-state index contributed by atoms with van der Waals surface area (Å²) in [6, 6.07) is 0.342. The lowest BCUT2D eigenvalue weighted by atomic mass is 9.47. The zero-order valence-electron chi connectivity index (χ0n) is 15.4. The molecule has 134 valence electrons. The first-order chi connectivity index (χ1) is 11.8. The SMILES string of the molecule is CC(=O)N1[C@@H]2[C@@H]3[C@H](CC[C@]4(C)C(=O)CC[C@@H]34)[C@@]3(C)CCC(=O)C=C3[C@@H]21. The van der Waals surface area contributed by atoms with E-state index in [-0.39, 0.29) is 34.6 Å². The molecule has 5 aliphatic rings. The van der Waals surface area contributed by atoms with Gasteiger partial charge in [-0.1, -0.05) is 13.8 Å². The molecule has 0 aromatic carbocycles. The standard InChI is InChI=1S/C21H27NO3/c1-11(23)22-18-15-10-12(24)6-8-20(15,2)14-7-9-21(3)13(4-5-16(21)25)17(14)19(18)22/h10,13-14,17-19H,4-9H2,1-3H3/t13-,14-,17-,18-,19+,20+,21-,22?/m0/s1. The number of amides is 1. The van der Waals surface area contributed by atoms with Crippen LogP contribution in [0, 0.1) is 28.6 Å². The highest BCUT2D eigenvalue weighted by Gasteiger charge is 2.71. The molecule has 4 heteroatoms. The number of rotatable bonds is 0. The van der Waals surface area contributed by atoms with Crippen molar-refractivity contribution in [1.82, 2.24) is 4.90 Å². The van der Waals surface area contributed by atoms with Crippen molar-refractivity contribution in [1.29, 1.82) is 0 Å². The maximum absolute atomic E-state index is 12.6. The van der Waals surface area contributed by atoms with Crippen molar-refractivity contribution < 1.29 is 14.4 Å². The predicted molar refractivity (Wildman–Crippen MR) is 92.6 cm³/mol. The van der Waals surface area contributed by atoms with Crippen molar-refractivity contribution in [3.63, 3.8) is 0 Å². The molecule has 1 amide bonds. The van der Waals surface area contributed by atoms with E-state index in [1.807, 2.05) is 11.0 Å². The van der Waals surface area contributed by atoms with Gasteiger partial charge in [-0.15, -0.1) is 0 Å². The molecule has 0 aromatic heterocycles. The molecule has 5 rings (SSSR count). The quantitative estimate of drug-likeness (QED) is 0.637. The molecular formula is C21H27NO3. The number of likely N-dealkylation sites (tertiary alicyclic amines) is 1. The Labute approximate surface area is 149 Å². The summed E-state index contributed by atoms with van der Waals surface area (Å²) in [7, 11) is 0. The Morgan fingerprint density at radius 2 is 1.80 bits per heavy atom. The number of carbonyl (C=O) groups excluding carboxylic acids is 3. The van der Waals surface area contributed by atoms with Crippen LogP contribution in [-0.4, -0.2) is 34.5 Å². The number of nitrogens with zero attached hydrogens (tertiary/aromatic N) is 1. The van der Waals surface area contributed by atoms with Crippen molar-refractivity contribution in [2.75, 3.05) is 0 Å². The van der Waals surface area contributed by atoms with Crippen LogP contribution in [0.2, 0.25) is 0 Å². The van der Waals surface area contributed by atoms with Gasteiger partial charge in [-0.25, -0.2) is 0 Å². The van der Waals surface area contributed by atoms with Gasteiger partial charge in [-0.2, -0.15) is 0 Å². The molecular weight excluding hydrogens is 314 g/mol. The van der Waals surface area contributed by atoms with Crippen LogP contribution < -0.4 is 0 Å². The highest BCUT2D eigenvalue weighted by molar-refractivity contribution is 5.93. The first-order valence-corrected chi connectivity index (χ1v) is 9.86. The molecule has 25 heavy (non-hydrogen) atoms. The molecule has 0 unspecified atom stereocenters. The molecule has 0 N–H and O–H groups in total. The van der Waals surface area contributed by atoms with Crippen LogP contribution in [0.3, 0.4) is 0 Å². The largest absolute Gasteiger partial charge is 0.328 e. The Bertz CT molecular complexity index is 739. The molecule has 0 bridgehead atoms. The molecule has 4 fully saturated rings. The molecule has 0 aromatic rings. The van der Waals surface area contributed by atoms with E-state index in [2.05, 4.69) is 13.8 Å². The fourth-order valence-corrected chi connectivity index (χ4v) is 7.33. The lowest BCUT2D eigenvalue weighted by Gasteiger charge is -2.55. The van der Waals surface area contributed by atoms with E-state index in [0.717, 1.165) is 25.7 Å². The Hall–Kier alpha value is -1.45. The Kier molecular flexibility index (Phi) is 2.92. The smallest absolute Gasteiger partial charge is 0.220 e. The highest BCUT2D eigenvalue weighted by Crippen LogP contribution is 2.69. The summed E-state index contributed by atoms with van der Waals surface area (Å²) in [5, 5.41) is 0. The fourth-order valence-electron chi connectivity index (χ4n) is 7.33. The zero-order chi connectivity index (χ0) is 17.7.